The molecule has 162 valence electrons. The zero-order valence-corrected chi connectivity index (χ0v) is 17.7. The van der Waals surface area contributed by atoms with Crippen LogP contribution in [0.4, 0.5) is 4.79 Å². The van der Waals surface area contributed by atoms with E-state index in [2.05, 4.69) is 19.8 Å². The Bertz CT molecular complexity index is 1110. The first-order valence-corrected chi connectivity index (χ1v) is 9.71. The summed E-state index contributed by atoms with van der Waals surface area (Å²) in [6, 6.07) is 9.40. The molecule has 0 atom stereocenters. The molecule has 11 heteroatoms. The quantitative estimate of drug-likeness (QED) is 0.406. The number of hydrogen-bond acceptors (Lipinski definition) is 8. The van der Waals surface area contributed by atoms with Gasteiger partial charge in [0.1, 0.15) is 12.1 Å². The maximum atomic E-state index is 12.2. The Balaban J connectivity index is 1.59. The van der Waals surface area contributed by atoms with Gasteiger partial charge in [-0.3, -0.25) is 4.79 Å². The van der Waals surface area contributed by atoms with Gasteiger partial charge in [-0.2, -0.15) is 0 Å². The maximum Gasteiger partial charge on any atom is 0.410 e. The zero-order chi connectivity index (χ0) is 22.4. The molecular weight excluding hydrogens is 451 g/mol. The molecule has 3 aromatic rings. The number of oxazole rings is 1. The van der Waals surface area contributed by atoms with Crippen molar-refractivity contribution in [3.8, 4) is 11.5 Å². The molecule has 1 heterocycles. The molecule has 1 N–H and O–H groups in total. The first-order chi connectivity index (χ1) is 14.9. The maximum absolute atomic E-state index is 12.2. The van der Waals surface area contributed by atoms with Crippen molar-refractivity contribution < 1.29 is 33.0 Å². The number of esters is 2. The molecule has 0 aliphatic heterocycles. The third kappa shape index (κ3) is 6.09. The predicted molar refractivity (Wildman–Crippen MR) is 111 cm³/mol. The van der Waals surface area contributed by atoms with Crippen molar-refractivity contribution in [2.45, 2.75) is 6.92 Å². The number of aromatic nitrogens is 1. The number of amides is 1. The second kappa shape index (κ2) is 10.1. The normalized spacial score (nSPS) is 10.5. The zero-order valence-electron chi connectivity index (χ0n) is 16.1. The molecule has 0 saturated carbocycles. The first kappa shape index (κ1) is 22.4. The van der Waals surface area contributed by atoms with E-state index in [4.69, 9.17) is 32.4 Å². The van der Waals surface area contributed by atoms with Gasteiger partial charge in [-0.15, -0.1) is 0 Å². The highest BCUT2D eigenvalue weighted by molar-refractivity contribution is 6.35. The van der Waals surface area contributed by atoms with Crippen molar-refractivity contribution in [3.05, 3.63) is 52.0 Å². The molecule has 0 radical (unpaired) electrons. The lowest BCUT2D eigenvalue weighted by molar-refractivity contribution is -0.142. The summed E-state index contributed by atoms with van der Waals surface area (Å²) in [5.41, 5.74) is 1.60. The van der Waals surface area contributed by atoms with Gasteiger partial charge < -0.3 is 23.9 Å². The van der Waals surface area contributed by atoms with E-state index >= 15 is 0 Å². The number of carbonyl (C=O) groups excluding carboxylic acids is 3. The van der Waals surface area contributed by atoms with E-state index in [9.17, 15) is 14.4 Å². The highest BCUT2D eigenvalue weighted by Gasteiger charge is 2.15. The van der Waals surface area contributed by atoms with Gasteiger partial charge in [0, 0.05) is 15.6 Å². The number of nitrogens with zero attached hydrogens (tertiary/aromatic N) is 1. The smallest absolute Gasteiger partial charge is 0.410 e. The molecule has 31 heavy (non-hydrogen) atoms. The lowest BCUT2D eigenvalue weighted by atomic mass is 10.2. The molecule has 0 unspecified atom stereocenters. The molecule has 3 rings (SSSR count). The molecule has 0 fully saturated rings. The Kier molecular flexibility index (Phi) is 7.32. The number of carbonyl (C=O) groups is 3. The molecule has 2 aromatic carbocycles. The average Bonchev–Trinajstić information content (AvgIpc) is 3.15. The van der Waals surface area contributed by atoms with Gasteiger partial charge in [0.25, 0.3) is 0 Å². The number of alkyl carbamates (subject to hydrolysis) is 1. The summed E-state index contributed by atoms with van der Waals surface area (Å²) < 4.78 is 19.9. The lowest BCUT2D eigenvalue weighted by Crippen LogP contribution is -2.31. The van der Waals surface area contributed by atoms with Gasteiger partial charge in [-0.05, 0) is 43.3 Å². The molecule has 0 bridgehead atoms. The van der Waals surface area contributed by atoms with E-state index in [1.165, 1.54) is 12.1 Å². The number of benzene rings is 2. The van der Waals surface area contributed by atoms with Crippen LogP contribution in [-0.4, -0.2) is 43.0 Å². The van der Waals surface area contributed by atoms with Crippen LogP contribution in [0.1, 0.15) is 17.3 Å². The number of ether oxygens (including phenoxy) is 3. The highest BCUT2D eigenvalue weighted by atomic mass is 35.5. The monoisotopic (exact) mass is 466 g/mol. The van der Waals surface area contributed by atoms with Crippen molar-refractivity contribution in [2.24, 2.45) is 0 Å². The molecule has 1 amide bonds. The van der Waals surface area contributed by atoms with Crippen molar-refractivity contribution >= 4 is 52.3 Å². The van der Waals surface area contributed by atoms with Crippen LogP contribution in [0.5, 0.6) is 0 Å². The van der Waals surface area contributed by atoms with Gasteiger partial charge in [-0.25, -0.2) is 14.6 Å². The number of hydrogen-bond donors (Lipinski definition) is 1. The Morgan fingerprint density at radius 3 is 2.48 bits per heavy atom. The van der Waals surface area contributed by atoms with E-state index in [0.717, 1.165) is 0 Å². The van der Waals surface area contributed by atoms with Crippen LogP contribution in [0.15, 0.2) is 40.8 Å². The fourth-order valence-corrected chi connectivity index (χ4v) is 3.01. The fourth-order valence-electron chi connectivity index (χ4n) is 2.48. The largest absolute Gasteiger partial charge is 0.465 e. The minimum absolute atomic E-state index is 0.162. The minimum Gasteiger partial charge on any atom is -0.465 e. The third-order valence-electron chi connectivity index (χ3n) is 3.80. The molecule has 0 saturated heterocycles. The minimum atomic E-state index is -0.934. The van der Waals surface area contributed by atoms with E-state index in [1.807, 2.05) is 0 Å². The van der Waals surface area contributed by atoms with Gasteiger partial charge in [-0.1, -0.05) is 23.2 Å². The fraction of sp³-hybridized carbons (Fsp3) is 0.200. The van der Waals surface area contributed by atoms with Crippen LogP contribution in [0, 0.1) is 0 Å². The summed E-state index contributed by atoms with van der Waals surface area (Å²) in [5, 5.41) is 3.02. The molecule has 9 nitrogen and oxygen atoms in total. The molecule has 0 aliphatic carbocycles. The highest BCUT2D eigenvalue weighted by Crippen LogP contribution is 2.29. The summed E-state index contributed by atoms with van der Waals surface area (Å²) in [6.07, 6.45) is -0.934. The summed E-state index contributed by atoms with van der Waals surface area (Å²) >= 11 is 12.0. The van der Waals surface area contributed by atoms with Gasteiger partial charge >= 0.3 is 18.0 Å². The van der Waals surface area contributed by atoms with E-state index in [0.29, 0.717) is 26.7 Å². The number of fused-ring (bicyclic) bond motifs is 1. The third-order valence-corrected chi connectivity index (χ3v) is 4.23. The molecule has 0 spiro atoms. The number of nitrogens with one attached hydrogen (secondary N) is 1. The van der Waals surface area contributed by atoms with Crippen LogP contribution >= 0.6 is 23.2 Å². The van der Waals surface area contributed by atoms with E-state index in [-0.39, 0.29) is 24.6 Å². The van der Waals surface area contributed by atoms with Crippen LogP contribution in [0.2, 0.25) is 10.0 Å². The number of rotatable bonds is 7. The first-order valence-electron chi connectivity index (χ1n) is 8.96. The van der Waals surface area contributed by atoms with Gasteiger partial charge in [0.05, 0.1) is 12.2 Å². The number of halogens is 2. The van der Waals surface area contributed by atoms with Crippen molar-refractivity contribution in [3.63, 3.8) is 0 Å². The second-order valence-corrected chi connectivity index (χ2v) is 6.87. The standard InChI is InChI=1S/C20H16Cl2N2O7/c1-2-28-17(25)9-23-20(27)30-10-29-19(26)11-3-4-15-16(7-11)31-18(24-15)12-5-13(21)8-14(22)6-12/h3-8H,2,9-10H2,1H3,(H,23,27). The van der Waals surface area contributed by atoms with Crippen molar-refractivity contribution in [1.29, 1.82) is 0 Å². The Labute approximate surface area is 186 Å². The van der Waals surface area contributed by atoms with Crippen LogP contribution in [0.25, 0.3) is 22.6 Å². The predicted octanol–water partition coefficient (Wildman–Crippen LogP) is 4.21. The second-order valence-electron chi connectivity index (χ2n) is 6.00. The average molecular weight is 467 g/mol. The van der Waals surface area contributed by atoms with Crippen LogP contribution in [-0.2, 0) is 19.0 Å². The van der Waals surface area contributed by atoms with Crippen LogP contribution in [0.3, 0.4) is 0 Å². The van der Waals surface area contributed by atoms with Gasteiger partial charge in [0.15, 0.2) is 5.58 Å². The summed E-state index contributed by atoms with van der Waals surface area (Å²) in [5.74, 6) is -1.08. The topological polar surface area (TPSA) is 117 Å². The molecular formula is C20H16Cl2N2O7. The van der Waals surface area contributed by atoms with Crippen molar-refractivity contribution in [1.82, 2.24) is 10.3 Å². The van der Waals surface area contributed by atoms with E-state index < -0.39 is 24.8 Å². The Morgan fingerprint density at radius 1 is 1.03 bits per heavy atom. The SMILES string of the molecule is CCOC(=O)CNC(=O)OCOC(=O)c1ccc2nc(-c3cc(Cl)cc(Cl)c3)oc2c1. The molecule has 0 aliphatic rings. The summed E-state index contributed by atoms with van der Waals surface area (Å²) in [4.78, 5) is 39.1. The van der Waals surface area contributed by atoms with E-state index in [1.54, 1.807) is 31.2 Å². The van der Waals surface area contributed by atoms with Crippen molar-refractivity contribution in [2.75, 3.05) is 19.9 Å². The molecule has 1 aromatic heterocycles. The summed E-state index contributed by atoms with van der Waals surface area (Å²) in [6.45, 7) is 0.827. The van der Waals surface area contributed by atoms with Crippen LogP contribution < -0.4 is 5.32 Å². The summed E-state index contributed by atoms with van der Waals surface area (Å²) in [7, 11) is 0. The Morgan fingerprint density at radius 2 is 1.77 bits per heavy atom. The Hall–Kier alpha value is -3.30. The lowest BCUT2D eigenvalue weighted by Gasteiger charge is -2.07. The van der Waals surface area contributed by atoms with Gasteiger partial charge in [0.2, 0.25) is 12.7 Å².